The number of aldehydes is 1. The van der Waals surface area contributed by atoms with Crippen molar-refractivity contribution < 1.29 is 4.79 Å². The first-order valence-electron chi connectivity index (χ1n) is 7.28. The Balaban J connectivity index is 1.82. The van der Waals surface area contributed by atoms with E-state index in [0.29, 0.717) is 0 Å². The Morgan fingerprint density at radius 2 is 1.88 bits per heavy atom. The van der Waals surface area contributed by atoms with Crippen LogP contribution in [0.15, 0.2) is 0 Å². The first-order valence-corrected chi connectivity index (χ1v) is 7.28. The molecule has 0 spiro atoms. The highest BCUT2D eigenvalue weighted by molar-refractivity contribution is 5.60. The lowest BCUT2D eigenvalue weighted by molar-refractivity contribution is -0.119. The van der Waals surface area contributed by atoms with Gasteiger partial charge in [-0.3, -0.25) is 0 Å². The van der Waals surface area contributed by atoms with E-state index in [-0.39, 0.29) is 5.41 Å². The van der Waals surface area contributed by atoms with Crippen LogP contribution in [0.4, 0.5) is 0 Å². The molecule has 0 aromatic heterocycles. The maximum atomic E-state index is 11.5. The fraction of sp³-hybridized carbons (Fsp3) is 0.933. The van der Waals surface area contributed by atoms with E-state index in [2.05, 4.69) is 18.9 Å². The molecule has 0 aromatic rings. The second kappa shape index (κ2) is 5.51. The Labute approximate surface area is 106 Å². The summed E-state index contributed by atoms with van der Waals surface area (Å²) in [6.45, 7) is 4.50. The molecule has 0 unspecified atom stereocenters. The maximum Gasteiger partial charge on any atom is 0.127 e. The molecule has 0 amide bonds. The highest BCUT2D eigenvalue weighted by Gasteiger charge is 2.35. The molecule has 0 bridgehead atoms. The molecule has 2 nitrogen and oxygen atoms in total. The molecule has 2 rings (SSSR count). The predicted octanol–water partition coefficient (Wildman–Crippen LogP) is 3.11. The van der Waals surface area contributed by atoms with Gasteiger partial charge >= 0.3 is 0 Å². The standard InChI is InChI=1S/C15H27NO/c1-13-6-8-15(12-17,9-7-13)11-16(2)10-14-4-3-5-14/h12-14H,3-11H2,1-2H3. The van der Waals surface area contributed by atoms with Crippen LogP contribution in [-0.4, -0.2) is 31.3 Å². The SMILES string of the molecule is CC1CCC(C=O)(CN(C)CC2CCC2)CC1. The molecule has 2 heteroatoms. The van der Waals surface area contributed by atoms with E-state index in [4.69, 9.17) is 0 Å². The van der Waals surface area contributed by atoms with Crippen molar-refractivity contribution >= 4 is 6.29 Å². The van der Waals surface area contributed by atoms with Crippen LogP contribution >= 0.6 is 0 Å². The molecule has 0 radical (unpaired) electrons. The Bertz CT molecular complexity index is 252. The summed E-state index contributed by atoms with van der Waals surface area (Å²) in [5, 5.41) is 0. The lowest BCUT2D eigenvalue weighted by Crippen LogP contribution is -2.42. The van der Waals surface area contributed by atoms with Gasteiger partial charge in [-0.2, -0.15) is 0 Å². The van der Waals surface area contributed by atoms with Gasteiger partial charge < -0.3 is 9.69 Å². The van der Waals surface area contributed by atoms with E-state index >= 15 is 0 Å². The molecule has 98 valence electrons. The third kappa shape index (κ3) is 3.31. The number of rotatable bonds is 5. The van der Waals surface area contributed by atoms with Crippen molar-refractivity contribution in [1.82, 2.24) is 4.90 Å². The average molecular weight is 237 g/mol. The quantitative estimate of drug-likeness (QED) is 0.685. The molecule has 0 heterocycles. The normalized spacial score (nSPS) is 34.6. The van der Waals surface area contributed by atoms with E-state index in [0.717, 1.165) is 31.2 Å². The molecule has 17 heavy (non-hydrogen) atoms. The first-order chi connectivity index (χ1) is 8.13. The minimum atomic E-state index is -0.0228. The molecule has 2 aliphatic rings. The van der Waals surface area contributed by atoms with E-state index in [1.54, 1.807) is 0 Å². The summed E-state index contributed by atoms with van der Waals surface area (Å²) in [6.07, 6.45) is 10.1. The highest BCUT2D eigenvalue weighted by atomic mass is 16.1. The third-order valence-corrected chi connectivity index (χ3v) is 4.90. The highest BCUT2D eigenvalue weighted by Crippen LogP contribution is 2.38. The van der Waals surface area contributed by atoms with Crippen LogP contribution < -0.4 is 0 Å². The van der Waals surface area contributed by atoms with Gasteiger partial charge in [0.1, 0.15) is 6.29 Å². The van der Waals surface area contributed by atoms with Crippen LogP contribution in [0.3, 0.4) is 0 Å². The summed E-state index contributed by atoms with van der Waals surface area (Å²) in [6, 6.07) is 0. The second-order valence-electron chi connectivity index (χ2n) is 6.66. The Kier molecular flexibility index (Phi) is 4.24. The number of carbonyl (C=O) groups excluding carboxylic acids is 1. The van der Waals surface area contributed by atoms with E-state index in [1.165, 1.54) is 44.9 Å². The summed E-state index contributed by atoms with van der Waals surface area (Å²) in [7, 11) is 2.20. The van der Waals surface area contributed by atoms with E-state index < -0.39 is 0 Å². The van der Waals surface area contributed by atoms with Crippen LogP contribution in [0.5, 0.6) is 0 Å². The van der Waals surface area contributed by atoms with Crippen molar-refractivity contribution in [3.63, 3.8) is 0 Å². The zero-order valence-corrected chi connectivity index (χ0v) is 11.5. The molecular formula is C15H27NO. The summed E-state index contributed by atoms with van der Waals surface area (Å²) in [4.78, 5) is 13.9. The number of hydrogen-bond acceptors (Lipinski definition) is 2. The van der Waals surface area contributed by atoms with Gasteiger partial charge in [0.2, 0.25) is 0 Å². The lowest BCUT2D eigenvalue weighted by atomic mass is 9.71. The molecule has 0 N–H and O–H groups in total. The molecular weight excluding hydrogens is 210 g/mol. The van der Waals surface area contributed by atoms with Crippen molar-refractivity contribution in [2.24, 2.45) is 17.3 Å². The summed E-state index contributed by atoms with van der Waals surface area (Å²) in [5.74, 6) is 1.73. The van der Waals surface area contributed by atoms with Gasteiger partial charge in [-0.25, -0.2) is 0 Å². The smallest absolute Gasteiger partial charge is 0.127 e. The van der Waals surface area contributed by atoms with Crippen molar-refractivity contribution in [3.8, 4) is 0 Å². The van der Waals surface area contributed by atoms with E-state index in [1.807, 2.05) is 0 Å². The zero-order chi connectivity index (χ0) is 12.3. The lowest BCUT2D eigenvalue weighted by Gasteiger charge is -2.39. The van der Waals surface area contributed by atoms with Gasteiger partial charge in [0, 0.05) is 18.5 Å². The van der Waals surface area contributed by atoms with Crippen LogP contribution in [0.25, 0.3) is 0 Å². The second-order valence-corrected chi connectivity index (χ2v) is 6.66. The van der Waals surface area contributed by atoms with E-state index in [9.17, 15) is 4.79 Å². The fourth-order valence-corrected chi connectivity index (χ4v) is 3.37. The first kappa shape index (κ1) is 13.1. The van der Waals surface area contributed by atoms with Crippen LogP contribution in [0, 0.1) is 17.3 Å². The molecule has 2 aliphatic carbocycles. The molecule has 0 aromatic carbocycles. The molecule has 0 aliphatic heterocycles. The molecule has 0 saturated heterocycles. The van der Waals surface area contributed by atoms with Crippen LogP contribution in [-0.2, 0) is 4.79 Å². The molecule has 2 fully saturated rings. The topological polar surface area (TPSA) is 20.3 Å². The van der Waals surface area contributed by atoms with Gasteiger partial charge in [-0.1, -0.05) is 13.3 Å². The third-order valence-electron chi connectivity index (χ3n) is 4.90. The predicted molar refractivity (Wildman–Crippen MR) is 71.0 cm³/mol. The fourth-order valence-electron chi connectivity index (χ4n) is 3.37. The van der Waals surface area contributed by atoms with Gasteiger partial charge in [0.15, 0.2) is 0 Å². The van der Waals surface area contributed by atoms with Crippen LogP contribution in [0.1, 0.15) is 51.9 Å². The summed E-state index contributed by atoms with van der Waals surface area (Å²) in [5.41, 5.74) is -0.0228. The molecule has 0 atom stereocenters. The van der Waals surface area contributed by atoms with Gasteiger partial charge in [-0.05, 0) is 57.4 Å². The minimum Gasteiger partial charge on any atom is -0.305 e. The van der Waals surface area contributed by atoms with Crippen LogP contribution in [0.2, 0.25) is 0 Å². The number of hydrogen-bond donors (Lipinski definition) is 0. The van der Waals surface area contributed by atoms with Gasteiger partial charge in [-0.15, -0.1) is 0 Å². The monoisotopic (exact) mass is 237 g/mol. The Hall–Kier alpha value is -0.370. The number of nitrogens with zero attached hydrogens (tertiary/aromatic N) is 1. The molecule has 2 saturated carbocycles. The van der Waals surface area contributed by atoms with Gasteiger partial charge in [0.05, 0.1) is 0 Å². The van der Waals surface area contributed by atoms with Crippen molar-refractivity contribution in [1.29, 1.82) is 0 Å². The van der Waals surface area contributed by atoms with Crippen molar-refractivity contribution in [3.05, 3.63) is 0 Å². The van der Waals surface area contributed by atoms with Crippen molar-refractivity contribution in [2.75, 3.05) is 20.1 Å². The maximum absolute atomic E-state index is 11.5. The number of carbonyl (C=O) groups is 1. The van der Waals surface area contributed by atoms with Crippen molar-refractivity contribution in [2.45, 2.75) is 51.9 Å². The van der Waals surface area contributed by atoms with Gasteiger partial charge in [0.25, 0.3) is 0 Å². The zero-order valence-electron chi connectivity index (χ0n) is 11.5. The Morgan fingerprint density at radius 3 is 2.35 bits per heavy atom. The summed E-state index contributed by atoms with van der Waals surface area (Å²) < 4.78 is 0. The largest absolute Gasteiger partial charge is 0.305 e. The summed E-state index contributed by atoms with van der Waals surface area (Å²) >= 11 is 0. The Morgan fingerprint density at radius 1 is 1.24 bits per heavy atom. The average Bonchev–Trinajstić information content (AvgIpc) is 2.27. The minimum absolute atomic E-state index is 0.0228.